The topological polar surface area (TPSA) is 95.8 Å². The van der Waals surface area contributed by atoms with Crippen molar-refractivity contribution in [3.8, 4) is 0 Å². The van der Waals surface area contributed by atoms with Crippen LogP contribution in [0.25, 0.3) is 0 Å². The van der Waals surface area contributed by atoms with E-state index >= 15 is 0 Å². The maximum Gasteiger partial charge on any atom is 0.181 e. The first-order valence-corrected chi connectivity index (χ1v) is 4.86. The van der Waals surface area contributed by atoms with Crippen LogP contribution in [0.15, 0.2) is 0 Å². The van der Waals surface area contributed by atoms with Crippen LogP contribution in [0.1, 0.15) is 0 Å². The van der Waals surface area contributed by atoms with Gasteiger partial charge in [0.2, 0.25) is 0 Å². The van der Waals surface area contributed by atoms with Crippen LogP contribution in [0.2, 0.25) is 0 Å². The summed E-state index contributed by atoms with van der Waals surface area (Å²) in [7, 11) is 0. The number of fused-ring (bicyclic) bond motifs is 1. The Bertz CT molecular complexity index is 190. The molecule has 2 rings (SSSR count). The molecule has 2 fully saturated rings. The van der Waals surface area contributed by atoms with E-state index in [9.17, 15) is 0 Å². The van der Waals surface area contributed by atoms with Gasteiger partial charge in [0.1, 0.15) is 24.4 Å². The molecule has 0 saturated carbocycles. The van der Waals surface area contributed by atoms with Crippen molar-refractivity contribution < 1.29 is 39.2 Å². The van der Waals surface area contributed by atoms with Crippen LogP contribution in [-0.2, 0) is 28.7 Å². The van der Waals surface area contributed by atoms with Gasteiger partial charge in [-0.15, -0.1) is 0 Å². The van der Waals surface area contributed by atoms with E-state index in [1.807, 2.05) is 0 Å². The van der Waals surface area contributed by atoms with Gasteiger partial charge in [0.05, 0.1) is 13.2 Å². The van der Waals surface area contributed by atoms with Gasteiger partial charge in [-0.05, 0) is 0 Å². The van der Waals surface area contributed by atoms with Crippen molar-refractivity contribution in [1.29, 1.82) is 0 Å². The first-order valence-electron chi connectivity index (χ1n) is 4.86. The highest BCUT2D eigenvalue weighted by Gasteiger charge is 2.49. The Morgan fingerprint density at radius 3 is 1.69 bits per heavy atom. The second-order valence-electron chi connectivity index (χ2n) is 3.50. The van der Waals surface area contributed by atoms with Gasteiger partial charge in [-0.3, -0.25) is 0 Å². The van der Waals surface area contributed by atoms with Crippen LogP contribution in [0.5, 0.6) is 0 Å². The highest BCUT2D eigenvalue weighted by Crippen LogP contribution is 2.30. The Morgan fingerprint density at radius 2 is 1.31 bits per heavy atom. The maximum atomic E-state index is 8.16. The molecule has 0 spiro atoms. The van der Waals surface area contributed by atoms with E-state index in [-0.39, 0.29) is 38.0 Å². The quantitative estimate of drug-likeness (QED) is 0.361. The zero-order valence-electron chi connectivity index (χ0n) is 8.48. The summed E-state index contributed by atoms with van der Waals surface area (Å²) in [6.07, 6.45) is -1.08. The van der Waals surface area contributed by atoms with Crippen LogP contribution >= 0.6 is 0 Å². The van der Waals surface area contributed by atoms with Gasteiger partial charge in [-0.1, -0.05) is 0 Å². The molecular weight excluding hydrogens is 224 g/mol. The van der Waals surface area contributed by atoms with E-state index in [2.05, 4.69) is 9.78 Å². The van der Waals surface area contributed by atoms with Crippen molar-refractivity contribution in [1.82, 2.24) is 0 Å². The molecule has 0 aromatic heterocycles. The molecule has 2 N–H and O–H groups in total. The summed E-state index contributed by atoms with van der Waals surface area (Å²) >= 11 is 0. The molecule has 0 amide bonds. The summed E-state index contributed by atoms with van der Waals surface area (Å²) in [5, 5.41) is 16.3. The average Bonchev–Trinajstić information content (AvgIpc) is 2.86. The van der Waals surface area contributed by atoms with E-state index in [4.69, 9.17) is 29.5 Å². The highest BCUT2D eigenvalue weighted by molar-refractivity contribution is 4.95. The smallest absolute Gasteiger partial charge is 0.181 e. The second-order valence-corrected chi connectivity index (χ2v) is 3.50. The molecule has 0 unspecified atom stereocenters. The summed E-state index contributed by atoms with van der Waals surface area (Å²) in [5.74, 6) is 0. The largest absolute Gasteiger partial charge is 0.370 e. The molecule has 8 nitrogen and oxygen atoms in total. The Labute approximate surface area is 91.4 Å². The van der Waals surface area contributed by atoms with Crippen molar-refractivity contribution in [3.05, 3.63) is 0 Å². The summed E-state index contributed by atoms with van der Waals surface area (Å²) in [6.45, 7) is 0.231. The standard InChI is InChI=1S/C8H14O8/c9-15-3-13-5-1-11-8-6(14-4-16-10)2-12-7(5)8/h5-10H,1-4H2/t5-,6-,7+,8+/m0/s1. The predicted molar refractivity (Wildman–Crippen MR) is 46.4 cm³/mol. The predicted octanol–water partition coefficient (Wildman–Crippen LogP) is -0.551. The molecule has 0 bridgehead atoms. The molecule has 0 radical (unpaired) electrons. The van der Waals surface area contributed by atoms with Crippen molar-refractivity contribution in [2.24, 2.45) is 0 Å². The van der Waals surface area contributed by atoms with Gasteiger partial charge in [0.15, 0.2) is 13.6 Å². The van der Waals surface area contributed by atoms with Crippen molar-refractivity contribution in [2.45, 2.75) is 24.4 Å². The third-order valence-electron chi connectivity index (χ3n) is 2.63. The Kier molecular flexibility index (Phi) is 4.44. The molecular formula is C8H14O8. The molecule has 4 atom stereocenters. The summed E-state index contributed by atoms with van der Waals surface area (Å²) < 4.78 is 21.2. The van der Waals surface area contributed by atoms with E-state index in [1.165, 1.54) is 0 Å². The lowest BCUT2D eigenvalue weighted by Crippen LogP contribution is -2.34. The lowest BCUT2D eigenvalue weighted by molar-refractivity contribution is -0.308. The van der Waals surface area contributed by atoms with Crippen molar-refractivity contribution in [2.75, 3.05) is 26.8 Å². The molecule has 2 saturated heterocycles. The minimum absolute atomic E-state index is 0.230. The van der Waals surface area contributed by atoms with Crippen LogP contribution in [0.3, 0.4) is 0 Å². The zero-order valence-corrected chi connectivity index (χ0v) is 8.48. The highest BCUT2D eigenvalue weighted by atomic mass is 17.1. The van der Waals surface area contributed by atoms with Gasteiger partial charge >= 0.3 is 0 Å². The number of hydrogen-bond donors (Lipinski definition) is 2. The van der Waals surface area contributed by atoms with Gasteiger partial charge in [-0.2, -0.15) is 0 Å². The average molecular weight is 238 g/mol. The number of ether oxygens (including phenoxy) is 4. The zero-order chi connectivity index (χ0) is 11.4. The minimum atomic E-state index is -0.291. The molecule has 2 aliphatic rings. The van der Waals surface area contributed by atoms with Crippen LogP contribution < -0.4 is 0 Å². The first kappa shape index (κ1) is 12.1. The molecule has 2 aliphatic heterocycles. The molecule has 0 aromatic rings. The summed E-state index contributed by atoms with van der Waals surface area (Å²) in [6, 6.07) is 0. The van der Waals surface area contributed by atoms with Crippen molar-refractivity contribution in [3.63, 3.8) is 0 Å². The number of hydrogen-bond acceptors (Lipinski definition) is 8. The molecule has 94 valence electrons. The van der Waals surface area contributed by atoms with Crippen molar-refractivity contribution >= 4 is 0 Å². The minimum Gasteiger partial charge on any atom is -0.370 e. The number of rotatable bonds is 6. The molecule has 2 heterocycles. The van der Waals surface area contributed by atoms with E-state index in [1.54, 1.807) is 0 Å². The van der Waals surface area contributed by atoms with Gasteiger partial charge in [0.25, 0.3) is 0 Å². The fraction of sp³-hybridized carbons (Fsp3) is 1.00. The molecule has 16 heavy (non-hydrogen) atoms. The lowest BCUT2D eigenvalue weighted by Gasteiger charge is -2.16. The third-order valence-corrected chi connectivity index (χ3v) is 2.63. The Hall–Kier alpha value is -0.320. The second kappa shape index (κ2) is 5.84. The Morgan fingerprint density at radius 1 is 0.875 bits per heavy atom. The van der Waals surface area contributed by atoms with Crippen LogP contribution in [0, 0.1) is 0 Å². The van der Waals surface area contributed by atoms with Gasteiger partial charge in [0, 0.05) is 0 Å². The third kappa shape index (κ3) is 2.50. The van der Waals surface area contributed by atoms with E-state index < -0.39 is 0 Å². The van der Waals surface area contributed by atoms with E-state index in [0.717, 1.165) is 0 Å². The molecule has 0 aromatic carbocycles. The summed E-state index contributed by atoms with van der Waals surface area (Å²) in [4.78, 5) is 7.65. The van der Waals surface area contributed by atoms with Gasteiger partial charge in [-0.25, -0.2) is 20.3 Å². The molecule has 8 heteroatoms. The van der Waals surface area contributed by atoms with Crippen LogP contribution in [0.4, 0.5) is 0 Å². The maximum absolute atomic E-state index is 8.16. The van der Waals surface area contributed by atoms with Crippen LogP contribution in [-0.4, -0.2) is 61.7 Å². The molecule has 0 aliphatic carbocycles. The normalized spacial score (nSPS) is 37.9. The first-order chi connectivity index (χ1) is 7.86. The Balaban J connectivity index is 1.80. The SMILES string of the molecule is OOCO[C@H]1CO[C@H]2[C@@H]1OC[C@@H]2OCOO. The summed E-state index contributed by atoms with van der Waals surface area (Å²) in [5.41, 5.74) is 0. The van der Waals surface area contributed by atoms with Gasteiger partial charge < -0.3 is 18.9 Å². The fourth-order valence-electron chi connectivity index (χ4n) is 1.95. The lowest BCUT2D eigenvalue weighted by atomic mass is 10.1. The fourth-order valence-corrected chi connectivity index (χ4v) is 1.95. The monoisotopic (exact) mass is 238 g/mol. The van der Waals surface area contributed by atoms with E-state index in [0.29, 0.717) is 13.2 Å².